The molecule has 0 saturated heterocycles. The lowest BCUT2D eigenvalue weighted by atomic mass is 9.70. The molecule has 1 spiro atoms. The Kier molecular flexibility index (Phi) is 1.88. The predicted molar refractivity (Wildman–Crippen MR) is 60.4 cm³/mol. The van der Waals surface area contributed by atoms with Crippen molar-refractivity contribution in [2.24, 2.45) is 35.0 Å². The van der Waals surface area contributed by atoms with Crippen molar-refractivity contribution in [1.29, 1.82) is 0 Å². The first-order chi connectivity index (χ1) is 7.09. The Balaban J connectivity index is 1.91. The second kappa shape index (κ2) is 2.87. The van der Waals surface area contributed by atoms with Crippen LogP contribution in [0.4, 0.5) is 0 Å². The summed E-state index contributed by atoms with van der Waals surface area (Å²) < 4.78 is 0. The second-order valence-corrected chi connectivity index (χ2v) is 6.47. The van der Waals surface area contributed by atoms with Crippen molar-refractivity contribution in [3.63, 3.8) is 0 Å². The molecule has 0 aromatic rings. The van der Waals surface area contributed by atoms with E-state index in [0.29, 0.717) is 17.1 Å². The summed E-state index contributed by atoms with van der Waals surface area (Å²) in [5, 5.41) is 0. The maximum absolute atomic E-state index is 11.9. The quantitative estimate of drug-likeness (QED) is 0.643. The Morgan fingerprint density at radius 2 is 2.07 bits per heavy atom. The fourth-order valence-electron chi connectivity index (χ4n) is 4.97. The smallest absolute Gasteiger partial charge is 0.136 e. The third kappa shape index (κ3) is 1.02. The molecule has 84 valence electrons. The van der Waals surface area contributed by atoms with Crippen molar-refractivity contribution in [2.45, 2.75) is 46.5 Å². The van der Waals surface area contributed by atoms with E-state index in [9.17, 15) is 4.79 Å². The zero-order valence-corrected chi connectivity index (χ0v) is 10.1. The fourth-order valence-corrected chi connectivity index (χ4v) is 4.97. The number of fused-ring (bicyclic) bond motifs is 1. The van der Waals surface area contributed by atoms with E-state index in [-0.39, 0.29) is 0 Å². The van der Waals surface area contributed by atoms with Crippen molar-refractivity contribution < 1.29 is 4.79 Å². The van der Waals surface area contributed by atoms with Gasteiger partial charge in [-0.25, -0.2) is 0 Å². The number of ketones is 1. The van der Waals surface area contributed by atoms with Crippen LogP contribution in [-0.4, -0.2) is 5.78 Å². The van der Waals surface area contributed by atoms with Crippen LogP contribution < -0.4 is 0 Å². The van der Waals surface area contributed by atoms with E-state index in [1.807, 2.05) is 0 Å². The Morgan fingerprint density at radius 1 is 1.33 bits per heavy atom. The van der Waals surface area contributed by atoms with Gasteiger partial charge < -0.3 is 0 Å². The number of carbonyl (C=O) groups is 1. The number of rotatable bonds is 1. The average molecular weight is 206 g/mol. The van der Waals surface area contributed by atoms with Crippen LogP contribution in [0.25, 0.3) is 0 Å². The van der Waals surface area contributed by atoms with Gasteiger partial charge in [-0.15, -0.1) is 0 Å². The monoisotopic (exact) mass is 206 g/mol. The van der Waals surface area contributed by atoms with Crippen molar-refractivity contribution in [2.75, 3.05) is 0 Å². The summed E-state index contributed by atoms with van der Waals surface area (Å²) in [7, 11) is 0. The molecule has 0 aromatic heterocycles. The molecule has 0 amide bonds. The van der Waals surface area contributed by atoms with E-state index in [4.69, 9.17) is 0 Å². The molecule has 3 fully saturated rings. The lowest BCUT2D eigenvalue weighted by Crippen LogP contribution is -2.27. The molecule has 0 radical (unpaired) electrons. The van der Waals surface area contributed by atoms with Crippen LogP contribution in [0.5, 0.6) is 0 Å². The molecule has 0 aliphatic heterocycles. The molecular weight excluding hydrogens is 184 g/mol. The van der Waals surface area contributed by atoms with Crippen LogP contribution >= 0.6 is 0 Å². The predicted octanol–water partition coefficient (Wildman–Crippen LogP) is 3.28. The van der Waals surface area contributed by atoms with Crippen LogP contribution in [0.1, 0.15) is 46.5 Å². The molecule has 0 aromatic carbocycles. The van der Waals surface area contributed by atoms with Crippen LogP contribution in [0.2, 0.25) is 0 Å². The summed E-state index contributed by atoms with van der Waals surface area (Å²) in [6.07, 6.45) is 4.83. The third-order valence-corrected chi connectivity index (χ3v) is 5.77. The van der Waals surface area contributed by atoms with Gasteiger partial charge in [-0.1, -0.05) is 20.8 Å². The first-order valence-corrected chi connectivity index (χ1v) is 6.61. The zero-order chi connectivity index (χ0) is 10.8. The standard InChI is InChI=1S/C14H22O/c1-8(2)10-5-4-9(3)14-7-6-11(15)13(14)12(10)14/h8-10,12-13H,4-7H2,1-3H3. The minimum Gasteiger partial charge on any atom is -0.299 e. The highest BCUT2D eigenvalue weighted by Gasteiger charge is 2.75. The van der Waals surface area contributed by atoms with Crippen molar-refractivity contribution in [3.05, 3.63) is 0 Å². The summed E-state index contributed by atoms with van der Waals surface area (Å²) in [5.41, 5.74) is 0.490. The third-order valence-electron chi connectivity index (χ3n) is 5.77. The highest BCUT2D eigenvalue weighted by Crippen LogP contribution is 2.76. The maximum atomic E-state index is 11.9. The van der Waals surface area contributed by atoms with Crippen molar-refractivity contribution in [3.8, 4) is 0 Å². The molecule has 3 saturated carbocycles. The SMILES string of the molecule is CC(C)C1CCC(C)C23CCC(=O)C2C13. The summed E-state index contributed by atoms with van der Waals surface area (Å²) in [6.45, 7) is 7.07. The Labute approximate surface area is 92.6 Å². The van der Waals surface area contributed by atoms with E-state index in [0.717, 1.165) is 30.1 Å². The van der Waals surface area contributed by atoms with Crippen LogP contribution in [0, 0.1) is 35.0 Å². The van der Waals surface area contributed by atoms with Crippen LogP contribution in [0.3, 0.4) is 0 Å². The van der Waals surface area contributed by atoms with Gasteiger partial charge in [-0.3, -0.25) is 4.79 Å². The summed E-state index contributed by atoms with van der Waals surface area (Å²) in [4.78, 5) is 11.9. The molecule has 0 bridgehead atoms. The molecule has 0 N–H and O–H groups in total. The van der Waals surface area contributed by atoms with Crippen LogP contribution in [-0.2, 0) is 4.79 Å². The topological polar surface area (TPSA) is 17.1 Å². The minimum atomic E-state index is 0.488. The molecule has 3 aliphatic rings. The molecule has 5 unspecified atom stereocenters. The van der Waals surface area contributed by atoms with Gasteiger partial charge in [0.1, 0.15) is 5.78 Å². The number of hydrogen-bond donors (Lipinski definition) is 0. The van der Waals surface area contributed by atoms with Gasteiger partial charge >= 0.3 is 0 Å². The van der Waals surface area contributed by atoms with E-state index in [2.05, 4.69) is 20.8 Å². The largest absolute Gasteiger partial charge is 0.299 e. The zero-order valence-electron chi connectivity index (χ0n) is 10.1. The Bertz CT molecular complexity index is 306. The molecule has 15 heavy (non-hydrogen) atoms. The maximum Gasteiger partial charge on any atom is 0.136 e. The van der Waals surface area contributed by atoms with Gasteiger partial charge in [0.15, 0.2) is 0 Å². The number of carbonyl (C=O) groups excluding carboxylic acids is 1. The minimum absolute atomic E-state index is 0.488. The van der Waals surface area contributed by atoms with E-state index >= 15 is 0 Å². The number of Topliss-reactive ketones (excluding diaryl/α,β-unsaturated/α-hetero) is 1. The first kappa shape index (κ1) is 9.86. The van der Waals surface area contributed by atoms with E-state index in [1.165, 1.54) is 19.3 Å². The molecule has 1 nitrogen and oxygen atoms in total. The van der Waals surface area contributed by atoms with Crippen molar-refractivity contribution >= 4 is 5.78 Å². The van der Waals surface area contributed by atoms with E-state index < -0.39 is 0 Å². The van der Waals surface area contributed by atoms with Gasteiger partial charge in [-0.2, -0.15) is 0 Å². The lowest BCUT2D eigenvalue weighted by Gasteiger charge is -2.35. The molecule has 3 aliphatic carbocycles. The van der Waals surface area contributed by atoms with E-state index in [1.54, 1.807) is 0 Å². The number of hydrogen-bond acceptors (Lipinski definition) is 1. The molecule has 0 heterocycles. The van der Waals surface area contributed by atoms with Gasteiger partial charge in [0, 0.05) is 12.3 Å². The van der Waals surface area contributed by atoms with Gasteiger partial charge in [-0.05, 0) is 48.3 Å². The first-order valence-electron chi connectivity index (χ1n) is 6.61. The van der Waals surface area contributed by atoms with Gasteiger partial charge in [0.2, 0.25) is 0 Å². The summed E-state index contributed by atoms with van der Waals surface area (Å²) >= 11 is 0. The lowest BCUT2D eigenvalue weighted by molar-refractivity contribution is -0.119. The normalized spacial score (nSPS) is 52.9. The molecule has 5 atom stereocenters. The molecule has 3 rings (SSSR count). The summed E-state index contributed by atoms with van der Waals surface area (Å²) in [6, 6.07) is 0. The second-order valence-electron chi connectivity index (χ2n) is 6.47. The fraction of sp³-hybridized carbons (Fsp3) is 0.929. The highest BCUT2D eigenvalue weighted by molar-refractivity contribution is 5.88. The molecule has 1 heteroatoms. The molecular formula is C14H22O. The highest BCUT2D eigenvalue weighted by atomic mass is 16.1. The van der Waals surface area contributed by atoms with Gasteiger partial charge in [0.25, 0.3) is 0 Å². The Morgan fingerprint density at radius 3 is 2.73 bits per heavy atom. The van der Waals surface area contributed by atoms with Crippen molar-refractivity contribution in [1.82, 2.24) is 0 Å². The van der Waals surface area contributed by atoms with Gasteiger partial charge in [0.05, 0.1) is 0 Å². The average Bonchev–Trinajstić information content (AvgIpc) is 2.75. The summed E-state index contributed by atoms with van der Waals surface area (Å²) in [5.74, 6) is 4.30. The Hall–Kier alpha value is -0.330. The van der Waals surface area contributed by atoms with Crippen LogP contribution in [0.15, 0.2) is 0 Å².